The van der Waals surface area contributed by atoms with Crippen LogP contribution in [-0.2, 0) is 23.9 Å². The largest absolute Gasteiger partial charge is 0.467 e. The van der Waals surface area contributed by atoms with Gasteiger partial charge in [-0.2, -0.15) is 0 Å². The summed E-state index contributed by atoms with van der Waals surface area (Å²) in [7, 11) is 1.32. The van der Waals surface area contributed by atoms with Crippen molar-refractivity contribution < 1.29 is 23.9 Å². The number of thioether (sulfide) groups is 2. The fourth-order valence-electron chi connectivity index (χ4n) is 3.68. The highest BCUT2D eigenvalue weighted by Gasteiger charge is 2.47. The van der Waals surface area contributed by atoms with Gasteiger partial charge in [0.05, 0.1) is 17.7 Å². The molecule has 0 aliphatic carbocycles. The lowest BCUT2D eigenvalue weighted by atomic mass is 9.99. The number of nitrogens with zero attached hydrogens (tertiary/aromatic N) is 1. The molecule has 0 spiro atoms. The summed E-state index contributed by atoms with van der Waals surface area (Å²) >= 11 is 2.60. The molecule has 9 heteroatoms. The van der Waals surface area contributed by atoms with Crippen LogP contribution in [0, 0.1) is 11.8 Å². The lowest BCUT2D eigenvalue weighted by Gasteiger charge is -2.30. The van der Waals surface area contributed by atoms with E-state index < -0.39 is 23.3 Å². The van der Waals surface area contributed by atoms with Crippen molar-refractivity contribution in [2.75, 3.05) is 12.9 Å². The van der Waals surface area contributed by atoms with Crippen molar-refractivity contribution in [3.05, 3.63) is 0 Å². The van der Waals surface area contributed by atoms with Crippen molar-refractivity contribution in [2.45, 2.75) is 69.7 Å². The van der Waals surface area contributed by atoms with Gasteiger partial charge < -0.3 is 15.0 Å². The lowest BCUT2D eigenvalue weighted by molar-refractivity contribution is -0.152. The van der Waals surface area contributed by atoms with Crippen LogP contribution in [0.4, 0.5) is 0 Å². The van der Waals surface area contributed by atoms with E-state index >= 15 is 0 Å². The number of methoxy groups -OCH3 is 1. The molecular formula is C19H30N2O5S2. The Morgan fingerprint density at radius 1 is 1.36 bits per heavy atom. The molecule has 5 unspecified atom stereocenters. The molecule has 0 saturated carbocycles. The molecule has 28 heavy (non-hydrogen) atoms. The Morgan fingerprint density at radius 3 is 2.61 bits per heavy atom. The van der Waals surface area contributed by atoms with Crippen LogP contribution in [0.5, 0.6) is 0 Å². The first kappa shape index (κ1) is 23.1. The van der Waals surface area contributed by atoms with Crippen LogP contribution < -0.4 is 5.32 Å². The van der Waals surface area contributed by atoms with Crippen molar-refractivity contribution in [3.63, 3.8) is 0 Å². The average Bonchev–Trinajstić information content (AvgIpc) is 3.01. The highest BCUT2D eigenvalue weighted by Crippen LogP contribution is 2.38. The SMILES string of the molecule is CC[C@H](C)C(SC(C)=O)C(=O)NC1CC(C)CC2SCC(C(=O)OC)N2C1=O. The van der Waals surface area contributed by atoms with Gasteiger partial charge in [0, 0.05) is 12.7 Å². The van der Waals surface area contributed by atoms with Gasteiger partial charge in [-0.1, -0.05) is 39.0 Å². The summed E-state index contributed by atoms with van der Waals surface area (Å²) in [6, 6.07) is -1.31. The normalized spacial score (nSPS) is 29.5. The third-order valence-electron chi connectivity index (χ3n) is 5.39. The number of carbonyl (C=O) groups excluding carboxylic acids is 4. The molecule has 2 rings (SSSR count). The van der Waals surface area contributed by atoms with Gasteiger partial charge in [0.15, 0.2) is 5.12 Å². The molecule has 158 valence electrons. The predicted molar refractivity (Wildman–Crippen MR) is 111 cm³/mol. The number of hydrogen-bond acceptors (Lipinski definition) is 7. The summed E-state index contributed by atoms with van der Waals surface area (Å²) in [5, 5.41) is 2.15. The Hall–Kier alpha value is -1.22. The first-order chi connectivity index (χ1) is 13.2. The number of esters is 1. The van der Waals surface area contributed by atoms with Gasteiger partial charge in [0.2, 0.25) is 11.8 Å². The third-order valence-corrected chi connectivity index (χ3v) is 7.97. The van der Waals surface area contributed by atoms with E-state index in [1.54, 1.807) is 16.7 Å². The Kier molecular flexibility index (Phi) is 8.24. The van der Waals surface area contributed by atoms with E-state index in [0.717, 1.165) is 24.6 Å². The van der Waals surface area contributed by atoms with E-state index in [1.165, 1.54) is 14.0 Å². The molecule has 1 N–H and O–H groups in total. The standard InChI is InChI=1S/C19H30N2O5S2/c1-6-11(3)16(28-12(4)22)17(23)20-13-7-10(2)8-15-21(18(13)24)14(9-27-15)19(25)26-5/h10-11,13-16H,6-9H2,1-5H3,(H,20,23)/t10?,11-,13?,14?,15?,16?/m0/s1. The minimum Gasteiger partial charge on any atom is -0.467 e. The van der Waals surface area contributed by atoms with Crippen LogP contribution in [0.25, 0.3) is 0 Å². The molecule has 0 aromatic rings. The highest BCUT2D eigenvalue weighted by atomic mass is 32.2. The first-order valence-corrected chi connectivity index (χ1v) is 11.6. The molecule has 6 atom stereocenters. The molecule has 2 saturated heterocycles. The van der Waals surface area contributed by atoms with Crippen molar-refractivity contribution in [3.8, 4) is 0 Å². The van der Waals surface area contributed by atoms with Crippen molar-refractivity contribution >= 4 is 46.4 Å². The monoisotopic (exact) mass is 430 g/mol. The van der Waals surface area contributed by atoms with Gasteiger partial charge in [-0.05, 0) is 24.7 Å². The second-order valence-electron chi connectivity index (χ2n) is 7.63. The fraction of sp³-hybridized carbons (Fsp3) is 0.789. The Balaban J connectivity index is 2.21. The van der Waals surface area contributed by atoms with E-state index in [2.05, 4.69) is 12.2 Å². The molecular weight excluding hydrogens is 400 g/mol. The number of amides is 2. The maximum atomic E-state index is 13.2. The number of ether oxygens (including phenoxy) is 1. The van der Waals surface area contributed by atoms with Gasteiger partial charge in [0.25, 0.3) is 0 Å². The summed E-state index contributed by atoms with van der Waals surface area (Å²) in [5.41, 5.74) is 0. The minimum absolute atomic E-state index is 0.00473. The van der Waals surface area contributed by atoms with E-state index in [9.17, 15) is 19.2 Å². The minimum atomic E-state index is -0.697. The maximum absolute atomic E-state index is 13.2. The molecule has 0 aromatic heterocycles. The fourth-order valence-corrected chi connectivity index (χ4v) is 6.21. The number of rotatable bonds is 6. The second kappa shape index (κ2) is 10.0. The topological polar surface area (TPSA) is 92.8 Å². The highest BCUT2D eigenvalue weighted by molar-refractivity contribution is 8.14. The average molecular weight is 431 g/mol. The summed E-state index contributed by atoms with van der Waals surface area (Å²) in [6.45, 7) is 7.40. The van der Waals surface area contributed by atoms with Crippen LogP contribution in [-0.4, -0.2) is 63.4 Å². The zero-order valence-electron chi connectivity index (χ0n) is 17.1. The molecule has 0 aromatic carbocycles. The molecule has 0 bridgehead atoms. The Labute approximate surface area is 175 Å². The summed E-state index contributed by atoms with van der Waals surface area (Å²) in [6.07, 6.45) is 2.04. The number of carbonyl (C=O) groups is 4. The summed E-state index contributed by atoms with van der Waals surface area (Å²) < 4.78 is 4.87. The quantitative estimate of drug-likeness (QED) is 0.645. The molecule has 7 nitrogen and oxygen atoms in total. The van der Waals surface area contributed by atoms with Gasteiger partial charge in [-0.25, -0.2) is 4.79 Å². The van der Waals surface area contributed by atoms with Gasteiger partial charge in [-0.3, -0.25) is 14.4 Å². The Bertz CT molecular complexity index is 629. The van der Waals surface area contributed by atoms with E-state index in [1.807, 2.05) is 13.8 Å². The molecule has 2 fully saturated rings. The zero-order chi connectivity index (χ0) is 21.0. The summed E-state index contributed by atoms with van der Waals surface area (Å²) in [4.78, 5) is 51.5. The third kappa shape index (κ3) is 5.23. The van der Waals surface area contributed by atoms with Crippen LogP contribution in [0.3, 0.4) is 0 Å². The first-order valence-electron chi connectivity index (χ1n) is 9.68. The van der Waals surface area contributed by atoms with Crippen LogP contribution in [0.2, 0.25) is 0 Å². The number of hydrogen-bond donors (Lipinski definition) is 1. The molecule has 2 aliphatic heterocycles. The zero-order valence-corrected chi connectivity index (χ0v) is 18.7. The van der Waals surface area contributed by atoms with Crippen LogP contribution >= 0.6 is 23.5 Å². The Morgan fingerprint density at radius 2 is 2.04 bits per heavy atom. The number of nitrogens with one attached hydrogen (secondary N) is 1. The molecule has 2 amide bonds. The van der Waals surface area contributed by atoms with Crippen molar-refractivity contribution in [1.82, 2.24) is 10.2 Å². The summed E-state index contributed by atoms with van der Waals surface area (Å²) in [5.74, 6) is -0.223. The molecule has 2 heterocycles. The second-order valence-corrected chi connectivity index (χ2v) is 10.2. The van der Waals surface area contributed by atoms with Crippen LogP contribution in [0.1, 0.15) is 47.0 Å². The molecule has 0 radical (unpaired) electrons. The van der Waals surface area contributed by atoms with Crippen molar-refractivity contribution in [2.24, 2.45) is 11.8 Å². The van der Waals surface area contributed by atoms with Crippen molar-refractivity contribution in [1.29, 1.82) is 0 Å². The van der Waals surface area contributed by atoms with Crippen LogP contribution in [0.15, 0.2) is 0 Å². The molecule has 2 aliphatic rings. The van der Waals surface area contributed by atoms with E-state index in [-0.39, 0.29) is 34.1 Å². The lowest BCUT2D eigenvalue weighted by Crippen LogP contribution is -2.54. The van der Waals surface area contributed by atoms with Gasteiger partial charge >= 0.3 is 5.97 Å². The van der Waals surface area contributed by atoms with Gasteiger partial charge in [-0.15, -0.1) is 11.8 Å². The predicted octanol–water partition coefficient (Wildman–Crippen LogP) is 2.04. The maximum Gasteiger partial charge on any atom is 0.329 e. The van der Waals surface area contributed by atoms with Gasteiger partial charge in [0.1, 0.15) is 12.1 Å². The van der Waals surface area contributed by atoms with E-state index in [4.69, 9.17) is 4.74 Å². The number of fused-ring (bicyclic) bond motifs is 1. The smallest absolute Gasteiger partial charge is 0.329 e. The van der Waals surface area contributed by atoms with E-state index in [0.29, 0.717) is 12.2 Å².